The van der Waals surface area contributed by atoms with Crippen molar-refractivity contribution in [2.45, 2.75) is 13.5 Å². The van der Waals surface area contributed by atoms with Gasteiger partial charge in [-0.1, -0.05) is 23.4 Å². The van der Waals surface area contributed by atoms with Gasteiger partial charge in [0.15, 0.2) is 0 Å². The Hall–Kier alpha value is -3.67. The summed E-state index contributed by atoms with van der Waals surface area (Å²) in [5.41, 5.74) is 3.89. The minimum absolute atomic E-state index is 0.0884. The molecule has 2 aromatic heterocycles. The highest BCUT2D eigenvalue weighted by molar-refractivity contribution is 5.89. The molecule has 2 aromatic carbocycles. The second-order valence-corrected chi connectivity index (χ2v) is 6.56. The van der Waals surface area contributed by atoms with Gasteiger partial charge < -0.3 is 13.8 Å². The molecule has 0 saturated heterocycles. The Balaban J connectivity index is 1.70. The fourth-order valence-corrected chi connectivity index (χ4v) is 3.26. The van der Waals surface area contributed by atoms with Crippen molar-refractivity contribution in [3.8, 4) is 11.1 Å². The Morgan fingerprint density at radius 1 is 1.18 bits per heavy atom. The van der Waals surface area contributed by atoms with Crippen LogP contribution in [0.3, 0.4) is 0 Å². The lowest BCUT2D eigenvalue weighted by Crippen LogP contribution is -2.20. The number of fused-ring (bicyclic) bond motifs is 1. The van der Waals surface area contributed by atoms with Gasteiger partial charge in [-0.25, -0.2) is 4.79 Å². The van der Waals surface area contributed by atoms with Crippen LogP contribution in [0.5, 0.6) is 0 Å². The molecule has 0 radical (unpaired) electrons. The molecule has 6 heteroatoms. The summed E-state index contributed by atoms with van der Waals surface area (Å²) in [4.78, 5) is 24.6. The zero-order valence-electron chi connectivity index (χ0n) is 15.5. The van der Waals surface area contributed by atoms with E-state index in [9.17, 15) is 9.59 Å². The SMILES string of the molecule is COC(=O)c1cccc(Cn2ccc3cc(-c4conc4C)ccc3c2=O)c1. The van der Waals surface area contributed by atoms with E-state index in [1.807, 2.05) is 37.3 Å². The number of hydrogen-bond acceptors (Lipinski definition) is 5. The van der Waals surface area contributed by atoms with Gasteiger partial charge in [0.25, 0.3) is 5.56 Å². The monoisotopic (exact) mass is 374 g/mol. The summed E-state index contributed by atoms with van der Waals surface area (Å²) >= 11 is 0. The highest BCUT2D eigenvalue weighted by Gasteiger charge is 2.10. The van der Waals surface area contributed by atoms with Crippen LogP contribution in [-0.4, -0.2) is 22.8 Å². The van der Waals surface area contributed by atoms with Crippen molar-refractivity contribution in [1.29, 1.82) is 0 Å². The number of aryl methyl sites for hydroxylation is 1. The van der Waals surface area contributed by atoms with E-state index in [4.69, 9.17) is 9.26 Å². The van der Waals surface area contributed by atoms with Gasteiger partial charge in [-0.05, 0) is 53.8 Å². The van der Waals surface area contributed by atoms with Crippen molar-refractivity contribution in [1.82, 2.24) is 9.72 Å². The van der Waals surface area contributed by atoms with Gasteiger partial charge in [-0.3, -0.25) is 4.79 Å². The van der Waals surface area contributed by atoms with E-state index in [2.05, 4.69) is 5.16 Å². The summed E-state index contributed by atoms with van der Waals surface area (Å²) in [5, 5.41) is 5.38. The Morgan fingerprint density at radius 3 is 2.79 bits per heavy atom. The summed E-state index contributed by atoms with van der Waals surface area (Å²) in [6.07, 6.45) is 3.37. The molecule has 0 amide bonds. The topological polar surface area (TPSA) is 74.3 Å². The summed E-state index contributed by atoms with van der Waals surface area (Å²) < 4.78 is 11.4. The van der Waals surface area contributed by atoms with E-state index in [-0.39, 0.29) is 5.56 Å². The largest absolute Gasteiger partial charge is 0.465 e. The lowest BCUT2D eigenvalue weighted by molar-refractivity contribution is 0.0600. The molecule has 0 unspecified atom stereocenters. The van der Waals surface area contributed by atoms with Crippen LogP contribution >= 0.6 is 0 Å². The van der Waals surface area contributed by atoms with E-state index in [0.29, 0.717) is 17.5 Å². The fourth-order valence-electron chi connectivity index (χ4n) is 3.26. The first kappa shape index (κ1) is 17.7. The number of hydrogen-bond donors (Lipinski definition) is 0. The molecule has 6 nitrogen and oxygen atoms in total. The predicted octanol–water partition coefficient (Wildman–Crippen LogP) is 3.80. The van der Waals surface area contributed by atoms with Gasteiger partial charge in [0.1, 0.15) is 6.26 Å². The standard InChI is InChI=1S/C22H18N2O4/c1-14-20(13-28-23-14)16-6-7-19-17(11-16)8-9-24(21(19)25)12-15-4-3-5-18(10-15)22(26)27-2/h3-11,13H,12H2,1-2H3. The zero-order chi connectivity index (χ0) is 19.7. The molecular formula is C22H18N2O4. The average Bonchev–Trinajstić information content (AvgIpc) is 3.15. The smallest absolute Gasteiger partial charge is 0.337 e. The molecule has 0 atom stereocenters. The van der Waals surface area contributed by atoms with Crippen LogP contribution in [0.1, 0.15) is 21.6 Å². The van der Waals surface area contributed by atoms with Gasteiger partial charge in [-0.15, -0.1) is 0 Å². The van der Waals surface area contributed by atoms with E-state index in [0.717, 1.165) is 27.8 Å². The summed E-state index contributed by atoms with van der Waals surface area (Å²) in [5.74, 6) is -0.399. The molecule has 0 aliphatic heterocycles. The molecule has 0 N–H and O–H groups in total. The molecule has 0 aliphatic carbocycles. The summed E-state index contributed by atoms with van der Waals surface area (Å²) in [6, 6.07) is 14.7. The van der Waals surface area contributed by atoms with Crippen LogP contribution in [0.25, 0.3) is 21.9 Å². The van der Waals surface area contributed by atoms with Crippen molar-refractivity contribution in [3.05, 3.63) is 88.2 Å². The van der Waals surface area contributed by atoms with Crippen LogP contribution in [0.15, 0.2) is 70.3 Å². The number of esters is 1. The lowest BCUT2D eigenvalue weighted by atomic mass is 10.0. The second kappa shape index (κ2) is 7.15. The third-order valence-corrected chi connectivity index (χ3v) is 4.74. The number of nitrogens with zero attached hydrogens (tertiary/aromatic N) is 2. The third kappa shape index (κ3) is 3.20. The molecule has 2 heterocycles. The Bertz CT molecular complexity index is 1240. The first-order valence-corrected chi connectivity index (χ1v) is 8.78. The van der Waals surface area contributed by atoms with E-state index in [1.165, 1.54) is 7.11 Å². The maximum Gasteiger partial charge on any atom is 0.337 e. The highest BCUT2D eigenvalue weighted by Crippen LogP contribution is 2.25. The maximum atomic E-state index is 12.9. The molecule has 0 spiro atoms. The van der Waals surface area contributed by atoms with Crippen LogP contribution in [-0.2, 0) is 11.3 Å². The van der Waals surface area contributed by atoms with Crippen LogP contribution in [0.4, 0.5) is 0 Å². The van der Waals surface area contributed by atoms with Crippen molar-refractivity contribution in [2.75, 3.05) is 7.11 Å². The quantitative estimate of drug-likeness (QED) is 0.508. The molecule has 0 saturated carbocycles. The first-order chi connectivity index (χ1) is 13.6. The van der Waals surface area contributed by atoms with Crippen molar-refractivity contribution in [3.63, 3.8) is 0 Å². The fraction of sp³-hybridized carbons (Fsp3) is 0.136. The summed E-state index contributed by atoms with van der Waals surface area (Å²) in [7, 11) is 1.35. The molecule has 4 aromatic rings. The normalized spacial score (nSPS) is 10.9. The van der Waals surface area contributed by atoms with Crippen LogP contribution in [0, 0.1) is 6.92 Å². The highest BCUT2D eigenvalue weighted by atomic mass is 16.5. The van der Waals surface area contributed by atoms with Crippen molar-refractivity contribution >= 4 is 16.7 Å². The molecule has 4 rings (SSSR count). The predicted molar refractivity (Wildman–Crippen MR) is 105 cm³/mol. The number of pyridine rings is 1. The molecule has 0 fully saturated rings. The Kier molecular flexibility index (Phi) is 4.53. The Labute approximate surface area is 161 Å². The van der Waals surface area contributed by atoms with Crippen LogP contribution in [0.2, 0.25) is 0 Å². The van der Waals surface area contributed by atoms with Gasteiger partial charge in [0, 0.05) is 17.1 Å². The Morgan fingerprint density at radius 2 is 2.04 bits per heavy atom. The van der Waals surface area contributed by atoms with Gasteiger partial charge in [0.05, 0.1) is 24.9 Å². The van der Waals surface area contributed by atoms with Gasteiger partial charge in [-0.2, -0.15) is 0 Å². The summed E-state index contributed by atoms with van der Waals surface area (Å²) in [6.45, 7) is 2.25. The minimum atomic E-state index is -0.399. The first-order valence-electron chi connectivity index (χ1n) is 8.78. The third-order valence-electron chi connectivity index (χ3n) is 4.74. The number of ether oxygens (including phenoxy) is 1. The van der Waals surface area contributed by atoms with E-state index < -0.39 is 5.97 Å². The van der Waals surface area contributed by atoms with Gasteiger partial charge >= 0.3 is 5.97 Å². The minimum Gasteiger partial charge on any atom is -0.465 e. The van der Waals surface area contributed by atoms with Crippen LogP contribution < -0.4 is 5.56 Å². The van der Waals surface area contributed by atoms with Gasteiger partial charge in [0.2, 0.25) is 0 Å². The average molecular weight is 374 g/mol. The molecule has 140 valence electrons. The number of aromatic nitrogens is 2. The number of carbonyl (C=O) groups is 1. The van der Waals surface area contributed by atoms with Crippen molar-refractivity contribution in [2.24, 2.45) is 0 Å². The van der Waals surface area contributed by atoms with E-state index >= 15 is 0 Å². The van der Waals surface area contributed by atoms with E-state index in [1.54, 1.807) is 35.2 Å². The molecular weight excluding hydrogens is 356 g/mol. The molecule has 0 aliphatic rings. The number of carbonyl (C=O) groups excluding carboxylic acids is 1. The lowest BCUT2D eigenvalue weighted by Gasteiger charge is -2.09. The van der Waals surface area contributed by atoms with Crippen molar-refractivity contribution < 1.29 is 14.1 Å². The maximum absolute atomic E-state index is 12.9. The zero-order valence-corrected chi connectivity index (χ0v) is 15.5. The number of benzene rings is 2. The molecule has 0 bridgehead atoms. The number of rotatable bonds is 4. The molecule has 28 heavy (non-hydrogen) atoms. The number of methoxy groups -OCH3 is 1. The second-order valence-electron chi connectivity index (χ2n) is 6.56.